The molecule has 0 saturated carbocycles. The largest absolute Gasteiger partial charge is 0.494 e. The van der Waals surface area contributed by atoms with Crippen LogP contribution in [0.1, 0.15) is 43.0 Å². The predicted molar refractivity (Wildman–Crippen MR) is 125 cm³/mol. The third-order valence-corrected chi connectivity index (χ3v) is 5.58. The molecule has 1 atom stereocenters. The number of nitrogens with zero attached hydrogens (tertiary/aromatic N) is 3. The molecule has 168 valence electrons. The van der Waals surface area contributed by atoms with Crippen LogP contribution in [-0.2, 0) is 11.3 Å². The molecule has 0 radical (unpaired) electrons. The fourth-order valence-electron chi connectivity index (χ4n) is 3.09. The summed E-state index contributed by atoms with van der Waals surface area (Å²) in [5.41, 5.74) is 1.29. The highest BCUT2D eigenvalue weighted by Gasteiger charge is 2.20. The van der Waals surface area contributed by atoms with Gasteiger partial charge in [0, 0.05) is 17.8 Å². The van der Waals surface area contributed by atoms with Crippen molar-refractivity contribution in [2.24, 2.45) is 0 Å². The van der Waals surface area contributed by atoms with Gasteiger partial charge in [0.05, 0.1) is 18.4 Å². The molecule has 0 aliphatic heterocycles. The van der Waals surface area contributed by atoms with E-state index in [4.69, 9.17) is 4.74 Å². The number of rotatable bonds is 10. The molecule has 1 heterocycles. The number of hydrogen-bond acceptors (Lipinski definition) is 6. The monoisotopic (exact) mass is 453 g/mol. The zero-order chi connectivity index (χ0) is 22.9. The second-order valence-electron chi connectivity index (χ2n) is 6.94. The normalized spacial score (nSPS) is 11.6. The van der Waals surface area contributed by atoms with E-state index in [-0.39, 0.29) is 23.6 Å². The number of amides is 2. The molecule has 3 aromatic rings. The number of ether oxygens (including phenoxy) is 1. The summed E-state index contributed by atoms with van der Waals surface area (Å²) in [6.45, 7) is 6.98. The van der Waals surface area contributed by atoms with Gasteiger partial charge in [-0.3, -0.25) is 9.59 Å². The van der Waals surface area contributed by atoms with Crippen LogP contribution in [0.4, 0.5) is 5.69 Å². The molecule has 32 heavy (non-hydrogen) atoms. The molecule has 0 aliphatic rings. The van der Waals surface area contributed by atoms with Gasteiger partial charge in [0.1, 0.15) is 5.75 Å². The van der Waals surface area contributed by atoms with E-state index in [1.165, 1.54) is 11.8 Å². The van der Waals surface area contributed by atoms with Gasteiger partial charge in [0.15, 0.2) is 11.0 Å². The summed E-state index contributed by atoms with van der Waals surface area (Å²) in [6, 6.07) is 15.9. The number of thioether (sulfide) groups is 1. The van der Waals surface area contributed by atoms with Gasteiger partial charge in [-0.25, -0.2) is 0 Å². The fraction of sp³-hybridized carbons (Fsp3) is 0.304. The van der Waals surface area contributed by atoms with E-state index < -0.39 is 0 Å². The Morgan fingerprint density at radius 2 is 1.78 bits per heavy atom. The van der Waals surface area contributed by atoms with Crippen LogP contribution in [0.2, 0.25) is 0 Å². The van der Waals surface area contributed by atoms with Gasteiger partial charge in [0.2, 0.25) is 5.91 Å². The third-order valence-electron chi connectivity index (χ3n) is 4.61. The molecule has 1 unspecified atom stereocenters. The lowest BCUT2D eigenvalue weighted by atomic mass is 10.2. The molecule has 2 aromatic carbocycles. The summed E-state index contributed by atoms with van der Waals surface area (Å²) in [5, 5.41) is 14.9. The van der Waals surface area contributed by atoms with Crippen LogP contribution in [0, 0.1) is 0 Å². The maximum Gasteiger partial charge on any atom is 0.251 e. The quantitative estimate of drug-likeness (QED) is 0.452. The van der Waals surface area contributed by atoms with Gasteiger partial charge >= 0.3 is 0 Å². The summed E-state index contributed by atoms with van der Waals surface area (Å²) in [7, 11) is 0. The first kappa shape index (κ1) is 23.3. The molecular weight excluding hydrogens is 426 g/mol. The van der Waals surface area contributed by atoms with Crippen molar-refractivity contribution in [2.45, 2.75) is 38.5 Å². The van der Waals surface area contributed by atoms with E-state index in [1.54, 1.807) is 24.3 Å². The minimum atomic E-state index is -0.331. The first-order chi connectivity index (χ1) is 15.5. The number of hydrogen-bond donors (Lipinski definition) is 2. The van der Waals surface area contributed by atoms with Crippen molar-refractivity contribution in [3.63, 3.8) is 0 Å². The Morgan fingerprint density at radius 1 is 1.06 bits per heavy atom. The number of aromatic nitrogens is 3. The van der Waals surface area contributed by atoms with Crippen molar-refractivity contribution in [1.29, 1.82) is 0 Å². The van der Waals surface area contributed by atoms with Gasteiger partial charge in [-0.15, -0.1) is 10.2 Å². The highest BCUT2D eigenvalue weighted by atomic mass is 32.2. The Morgan fingerprint density at radius 3 is 2.44 bits per heavy atom. The van der Waals surface area contributed by atoms with Gasteiger partial charge in [-0.1, -0.05) is 30.0 Å². The molecule has 2 N–H and O–H groups in total. The first-order valence-electron chi connectivity index (χ1n) is 10.5. The minimum Gasteiger partial charge on any atom is -0.494 e. The Hall–Kier alpha value is -3.33. The van der Waals surface area contributed by atoms with E-state index in [0.717, 1.165) is 5.75 Å². The molecule has 9 heteroatoms. The summed E-state index contributed by atoms with van der Waals surface area (Å²) in [5.74, 6) is 1.28. The topological polar surface area (TPSA) is 98.1 Å². The zero-order valence-corrected chi connectivity index (χ0v) is 19.2. The van der Waals surface area contributed by atoms with Crippen molar-refractivity contribution in [3.05, 3.63) is 66.0 Å². The average molecular weight is 454 g/mol. The van der Waals surface area contributed by atoms with Crippen LogP contribution in [0.5, 0.6) is 5.75 Å². The lowest BCUT2D eigenvalue weighted by Gasteiger charge is -2.15. The molecule has 2 amide bonds. The smallest absolute Gasteiger partial charge is 0.251 e. The average Bonchev–Trinajstić information content (AvgIpc) is 3.23. The molecule has 1 aromatic heterocycles. The van der Waals surface area contributed by atoms with Crippen molar-refractivity contribution in [3.8, 4) is 5.75 Å². The van der Waals surface area contributed by atoms with E-state index in [2.05, 4.69) is 20.8 Å². The van der Waals surface area contributed by atoms with Gasteiger partial charge in [0.25, 0.3) is 5.91 Å². The Kier molecular flexibility index (Phi) is 8.27. The summed E-state index contributed by atoms with van der Waals surface area (Å²) < 4.78 is 7.31. The summed E-state index contributed by atoms with van der Waals surface area (Å²) in [6.07, 6.45) is 0. The van der Waals surface area contributed by atoms with Crippen LogP contribution in [0.3, 0.4) is 0 Å². The summed E-state index contributed by atoms with van der Waals surface area (Å²) in [4.78, 5) is 24.8. The van der Waals surface area contributed by atoms with Crippen molar-refractivity contribution in [2.75, 3.05) is 17.7 Å². The van der Waals surface area contributed by atoms with Gasteiger partial charge in [-0.05, 0) is 57.2 Å². The third kappa shape index (κ3) is 6.10. The van der Waals surface area contributed by atoms with Crippen LogP contribution in [-0.4, -0.2) is 38.9 Å². The van der Waals surface area contributed by atoms with Crippen molar-refractivity contribution in [1.82, 2.24) is 20.1 Å². The Labute approximate surface area is 191 Å². The van der Waals surface area contributed by atoms with Crippen molar-refractivity contribution < 1.29 is 14.3 Å². The number of anilines is 1. The van der Waals surface area contributed by atoms with E-state index in [9.17, 15) is 9.59 Å². The fourth-order valence-corrected chi connectivity index (χ4v) is 3.90. The minimum absolute atomic E-state index is 0.142. The highest BCUT2D eigenvalue weighted by Crippen LogP contribution is 2.22. The van der Waals surface area contributed by atoms with Gasteiger partial charge < -0.3 is 19.9 Å². The zero-order valence-electron chi connectivity index (χ0n) is 18.4. The SMILES string of the molecule is CCOc1ccc(NC(=O)CSc2nnc(C(C)NC(=O)c3ccccc3)n2CC)cc1. The van der Waals surface area contributed by atoms with E-state index >= 15 is 0 Å². The number of benzene rings is 2. The van der Waals surface area contributed by atoms with Gasteiger partial charge in [-0.2, -0.15) is 0 Å². The number of nitrogens with one attached hydrogen (secondary N) is 2. The molecule has 0 saturated heterocycles. The molecule has 8 nitrogen and oxygen atoms in total. The number of carbonyl (C=O) groups excluding carboxylic acids is 2. The van der Waals surface area contributed by atoms with Crippen LogP contribution in [0.15, 0.2) is 59.8 Å². The maximum atomic E-state index is 12.4. The van der Waals surface area contributed by atoms with E-state index in [1.807, 2.05) is 55.7 Å². The van der Waals surface area contributed by atoms with Crippen LogP contribution >= 0.6 is 11.8 Å². The molecule has 3 rings (SSSR count). The number of carbonyl (C=O) groups is 2. The predicted octanol–water partition coefficient (Wildman–Crippen LogP) is 3.92. The molecule has 0 aliphatic carbocycles. The standard InChI is InChI=1S/C23H27N5O3S/c1-4-28-21(16(3)24-22(30)17-9-7-6-8-10-17)26-27-23(28)32-15-20(29)25-18-11-13-19(14-12-18)31-5-2/h6-14,16H,4-5,15H2,1-3H3,(H,24,30)(H,25,29). The second kappa shape index (κ2) is 11.3. The van der Waals surface area contributed by atoms with E-state index in [0.29, 0.717) is 35.4 Å². The Bertz CT molecular complexity index is 1040. The Balaban J connectivity index is 1.58. The van der Waals surface area contributed by atoms with Crippen LogP contribution < -0.4 is 15.4 Å². The molecule has 0 bridgehead atoms. The maximum absolute atomic E-state index is 12.4. The lowest BCUT2D eigenvalue weighted by Crippen LogP contribution is -2.28. The summed E-state index contributed by atoms with van der Waals surface area (Å²) >= 11 is 1.30. The first-order valence-corrected chi connectivity index (χ1v) is 11.4. The lowest BCUT2D eigenvalue weighted by molar-refractivity contribution is -0.113. The van der Waals surface area contributed by atoms with Crippen molar-refractivity contribution >= 4 is 29.3 Å². The highest BCUT2D eigenvalue weighted by molar-refractivity contribution is 7.99. The van der Waals surface area contributed by atoms with Crippen LogP contribution in [0.25, 0.3) is 0 Å². The molecule has 0 fully saturated rings. The molecular formula is C23H27N5O3S. The second-order valence-corrected chi connectivity index (χ2v) is 7.88. The molecule has 0 spiro atoms.